The smallest absolute Gasteiger partial charge is 0.265 e. The number of para-hydroxylation sites is 1. The van der Waals surface area contributed by atoms with Crippen LogP contribution in [0.3, 0.4) is 0 Å². The second kappa shape index (κ2) is 10.1. The fourth-order valence-corrected chi connectivity index (χ4v) is 3.40. The quantitative estimate of drug-likeness (QED) is 0.494. The summed E-state index contributed by atoms with van der Waals surface area (Å²) in [5.41, 5.74) is 2.72. The van der Waals surface area contributed by atoms with E-state index in [0.717, 1.165) is 24.0 Å². The molecule has 7 nitrogen and oxygen atoms in total. The Balaban J connectivity index is 1.74. The van der Waals surface area contributed by atoms with Gasteiger partial charge in [0.25, 0.3) is 5.91 Å². The summed E-state index contributed by atoms with van der Waals surface area (Å²) in [6, 6.07) is 10.7. The third-order valence-electron chi connectivity index (χ3n) is 5.13. The molecule has 0 aliphatic carbocycles. The van der Waals surface area contributed by atoms with Crippen molar-refractivity contribution in [1.29, 1.82) is 0 Å². The van der Waals surface area contributed by atoms with Gasteiger partial charge in [0.05, 0.1) is 5.69 Å². The van der Waals surface area contributed by atoms with E-state index >= 15 is 0 Å². The van der Waals surface area contributed by atoms with E-state index in [9.17, 15) is 14.4 Å². The van der Waals surface area contributed by atoms with Crippen molar-refractivity contribution in [1.82, 2.24) is 5.32 Å². The van der Waals surface area contributed by atoms with Crippen molar-refractivity contribution in [3.05, 3.63) is 53.1 Å². The Bertz CT molecular complexity index is 966. The molecule has 1 heterocycles. The lowest BCUT2D eigenvalue weighted by molar-refractivity contribution is -0.125. The average molecular weight is 424 g/mol. The summed E-state index contributed by atoms with van der Waals surface area (Å²) in [6.07, 6.45) is 1.84. The predicted molar refractivity (Wildman–Crippen MR) is 118 cm³/mol. The molecule has 0 spiro atoms. The molecule has 0 atom stereocenters. The number of benzene rings is 2. The second-order valence-electron chi connectivity index (χ2n) is 7.59. The number of hydrogen-bond donors (Lipinski definition) is 1. The van der Waals surface area contributed by atoms with E-state index in [2.05, 4.69) is 5.32 Å². The number of nitrogens with zero attached hydrogens (tertiary/aromatic N) is 1. The van der Waals surface area contributed by atoms with Crippen LogP contribution in [-0.2, 0) is 9.59 Å². The van der Waals surface area contributed by atoms with Gasteiger partial charge in [0, 0.05) is 12.1 Å². The molecule has 0 saturated heterocycles. The molecule has 2 aromatic rings. The van der Waals surface area contributed by atoms with Gasteiger partial charge in [-0.1, -0.05) is 31.5 Å². The van der Waals surface area contributed by atoms with E-state index in [-0.39, 0.29) is 37.4 Å². The van der Waals surface area contributed by atoms with E-state index in [4.69, 9.17) is 9.47 Å². The van der Waals surface area contributed by atoms with E-state index in [1.165, 1.54) is 4.90 Å². The molecule has 31 heavy (non-hydrogen) atoms. The molecule has 7 heteroatoms. The van der Waals surface area contributed by atoms with Gasteiger partial charge in [0.2, 0.25) is 5.91 Å². The normalized spacial score (nSPS) is 12.7. The van der Waals surface area contributed by atoms with Gasteiger partial charge in [-0.25, -0.2) is 0 Å². The minimum atomic E-state index is -0.325. The zero-order valence-corrected chi connectivity index (χ0v) is 18.2. The Hall–Kier alpha value is -3.35. The third-order valence-corrected chi connectivity index (χ3v) is 5.13. The Labute approximate surface area is 182 Å². The monoisotopic (exact) mass is 424 g/mol. The van der Waals surface area contributed by atoms with Crippen molar-refractivity contribution in [3.63, 3.8) is 0 Å². The van der Waals surface area contributed by atoms with Gasteiger partial charge in [-0.15, -0.1) is 0 Å². The number of ketones is 1. The van der Waals surface area contributed by atoms with Crippen LogP contribution in [0.4, 0.5) is 5.69 Å². The molecule has 164 valence electrons. The minimum absolute atomic E-state index is 0.116. The number of anilines is 1. The molecular formula is C24H28N2O5. The summed E-state index contributed by atoms with van der Waals surface area (Å²) in [6.45, 7) is 6.08. The lowest BCUT2D eigenvalue weighted by Crippen LogP contribution is -2.45. The zero-order valence-electron chi connectivity index (χ0n) is 18.2. The van der Waals surface area contributed by atoms with Crippen LogP contribution < -0.4 is 19.7 Å². The van der Waals surface area contributed by atoms with Crippen molar-refractivity contribution >= 4 is 23.3 Å². The predicted octanol–water partition coefficient (Wildman–Crippen LogP) is 3.21. The Morgan fingerprint density at radius 3 is 2.61 bits per heavy atom. The van der Waals surface area contributed by atoms with E-state index in [1.807, 2.05) is 39.0 Å². The maximum Gasteiger partial charge on any atom is 0.265 e. The number of carbonyl (C=O) groups excluding carboxylic acids is 3. The van der Waals surface area contributed by atoms with Crippen LogP contribution in [0.5, 0.6) is 11.5 Å². The average Bonchev–Trinajstić information content (AvgIpc) is 2.75. The SMILES string of the molecule is CCCCNC(=O)CN1C(=O)COc2ccc(C(=O)COc3c(C)cccc3C)cc21. The minimum Gasteiger partial charge on any atom is -0.485 e. The van der Waals surface area contributed by atoms with Crippen molar-refractivity contribution in [2.75, 3.05) is 31.2 Å². The molecule has 2 aromatic carbocycles. The number of rotatable bonds is 9. The molecular weight excluding hydrogens is 396 g/mol. The van der Waals surface area contributed by atoms with Crippen LogP contribution in [0.15, 0.2) is 36.4 Å². The molecule has 0 bridgehead atoms. The van der Waals surface area contributed by atoms with Crippen LogP contribution in [0.25, 0.3) is 0 Å². The van der Waals surface area contributed by atoms with Crippen molar-refractivity contribution < 1.29 is 23.9 Å². The summed E-state index contributed by atoms with van der Waals surface area (Å²) in [4.78, 5) is 38.8. The third kappa shape index (κ3) is 5.42. The number of Topliss-reactive ketones (excluding diaryl/α,β-unsaturated/α-hetero) is 1. The second-order valence-corrected chi connectivity index (χ2v) is 7.59. The summed E-state index contributed by atoms with van der Waals surface area (Å²) >= 11 is 0. The Morgan fingerprint density at radius 2 is 1.90 bits per heavy atom. The number of amides is 2. The van der Waals surface area contributed by atoms with Crippen LogP contribution >= 0.6 is 0 Å². The molecule has 3 rings (SSSR count). The first kappa shape index (κ1) is 22.3. The molecule has 1 aliphatic rings. The van der Waals surface area contributed by atoms with Crippen molar-refractivity contribution in [3.8, 4) is 11.5 Å². The summed E-state index contributed by atoms with van der Waals surface area (Å²) in [5.74, 6) is 0.362. The molecule has 1 N–H and O–H groups in total. The van der Waals surface area contributed by atoms with Gasteiger partial charge in [-0.05, 0) is 49.6 Å². The summed E-state index contributed by atoms with van der Waals surface area (Å²) < 4.78 is 11.2. The number of fused-ring (bicyclic) bond motifs is 1. The van der Waals surface area contributed by atoms with Gasteiger partial charge >= 0.3 is 0 Å². The largest absolute Gasteiger partial charge is 0.485 e. The standard InChI is InChI=1S/C24H28N2O5/c1-4-5-11-25-22(28)13-26-19-12-18(9-10-21(19)30-15-23(26)29)20(27)14-31-24-16(2)7-6-8-17(24)3/h6-10,12H,4-5,11,13-15H2,1-3H3,(H,25,28). The lowest BCUT2D eigenvalue weighted by atomic mass is 10.1. The van der Waals surface area contributed by atoms with E-state index in [1.54, 1.807) is 18.2 Å². The van der Waals surface area contributed by atoms with Gasteiger partial charge in [-0.3, -0.25) is 19.3 Å². The molecule has 1 aliphatic heterocycles. The number of ether oxygens (including phenoxy) is 2. The molecule has 0 aromatic heterocycles. The fraction of sp³-hybridized carbons (Fsp3) is 0.375. The molecule has 2 amide bonds. The maximum absolute atomic E-state index is 12.8. The first-order chi connectivity index (χ1) is 14.9. The number of carbonyl (C=O) groups is 3. The van der Waals surface area contributed by atoms with Crippen LogP contribution in [0, 0.1) is 13.8 Å². The van der Waals surface area contributed by atoms with Crippen LogP contribution in [0.2, 0.25) is 0 Å². The van der Waals surface area contributed by atoms with Gasteiger partial charge in [-0.2, -0.15) is 0 Å². The highest BCUT2D eigenvalue weighted by molar-refractivity contribution is 6.04. The highest BCUT2D eigenvalue weighted by Crippen LogP contribution is 2.33. The van der Waals surface area contributed by atoms with Crippen LogP contribution in [-0.4, -0.2) is 43.9 Å². The maximum atomic E-state index is 12.8. The van der Waals surface area contributed by atoms with Crippen LogP contribution in [0.1, 0.15) is 41.3 Å². The number of aryl methyl sites for hydroxylation is 2. The Morgan fingerprint density at radius 1 is 1.16 bits per heavy atom. The molecule has 0 radical (unpaired) electrons. The summed E-state index contributed by atoms with van der Waals surface area (Å²) in [7, 11) is 0. The Kier molecular flexibility index (Phi) is 7.28. The zero-order chi connectivity index (χ0) is 22.4. The van der Waals surface area contributed by atoms with E-state index < -0.39 is 0 Å². The highest BCUT2D eigenvalue weighted by Gasteiger charge is 2.28. The van der Waals surface area contributed by atoms with Gasteiger partial charge in [0.1, 0.15) is 18.0 Å². The topological polar surface area (TPSA) is 84.9 Å². The molecule has 0 fully saturated rings. The lowest BCUT2D eigenvalue weighted by Gasteiger charge is -2.29. The first-order valence-corrected chi connectivity index (χ1v) is 10.5. The molecule has 0 saturated carbocycles. The fourth-order valence-electron chi connectivity index (χ4n) is 3.40. The van der Waals surface area contributed by atoms with Crippen molar-refractivity contribution in [2.45, 2.75) is 33.6 Å². The number of unbranched alkanes of at least 4 members (excludes halogenated alkanes) is 1. The first-order valence-electron chi connectivity index (χ1n) is 10.5. The highest BCUT2D eigenvalue weighted by atomic mass is 16.5. The van der Waals surface area contributed by atoms with Gasteiger partial charge in [0.15, 0.2) is 19.0 Å². The van der Waals surface area contributed by atoms with E-state index in [0.29, 0.717) is 29.3 Å². The number of nitrogens with one attached hydrogen (secondary N) is 1. The molecule has 0 unspecified atom stereocenters. The summed E-state index contributed by atoms with van der Waals surface area (Å²) in [5, 5.41) is 2.81. The number of hydrogen-bond acceptors (Lipinski definition) is 5. The van der Waals surface area contributed by atoms with Crippen molar-refractivity contribution in [2.24, 2.45) is 0 Å². The van der Waals surface area contributed by atoms with Gasteiger partial charge < -0.3 is 14.8 Å².